The summed E-state index contributed by atoms with van der Waals surface area (Å²) in [7, 11) is 3.23. The van der Waals surface area contributed by atoms with Crippen molar-refractivity contribution in [2.75, 3.05) is 25.7 Å². The van der Waals surface area contributed by atoms with Gasteiger partial charge in [-0.05, 0) is 24.3 Å². The number of para-hydroxylation sites is 1. The molecule has 1 aliphatic rings. The molecule has 0 amide bonds. The number of thioether (sulfide) groups is 1. The van der Waals surface area contributed by atoms with Crippen LogP contribution in [0.3, 0.4) is 0 Å². The lowest BCUT2D eigenvalue weighted by molar-refractivity contribution is 0.383. The number of nitrogen functional groups attached to an aromatic ring is 1. The first-order valence-corrected chi connectivity index (χ1v) is 12.8. The van der Waals surface area contributed by atoms with Crippen molar-refractivity contribution in [3.05, 3.63) is 35.4 Å². The van der Waals surface area contributed by atoms with Crippen LogP contribution in [0.4, 0.5) is 5.69 Å². The highest BCUT2D eigenvalue weighted by Crippen LogP contribution is 2.52. The number of amidine groups is 2. The fourth-order valence-electron chi connectivity index (χ4n) is 3.74. The van der Waals surface area contributed by atoms with Gasteiger partial charge in [0.25, 0.3) is 0 Å². The molecule has 8 heteroatoms. The molecule has 3 rings (SSSR count). The Morgan fingerprint density at radius 3 is 2.09 bits per heavy atom. The van der Waals surface area contributed by atoms with E-state index in [-0.39, 0.29) is 11.7 Å². The SMILES string of the molecule is CCCCCCCCSc1c(OC)c2c(c(OC)c1Sc1ccccc1N)C(=N)NC2=N. The summed E-state index contributed by atoms with van der Waals surface area (Å²) in [5.41, 5.74) is 8.07. The highest BCUT2D eigenvalue weighted by atomic mass is 32.2. The summed E-state index contributed by atoms with van der Waals surface area (Å²) < 4.78 is 11.6. The molecule has 0 fully saturated rings. The zero-order valence-corrected chi connectivity index (χ0v) is 20.6. The number of ether oxygens (including phenoxy) is 2. The van der Waals surface area contributed by atoms with Crippen LogP contribution in [0.1, 0.15) is 56.6 Å². The normalized spacial score (nSPS) is 12.6. The van der Waals surface area contributed by atoms with Crippen molar-refractivity contribution in [1.29, 1.82) is 10.8 Å². The molecular formula is C24H32N4O2S2. The average Bonchev–Trinajstić information content (AvgIpc) is 3.08. The minimum Gasteiger partial charge on any atom is -0.495 e. The van der Waals surface area contributed by atoms with Crippen molar-refractivity contribution in [1.82, 2.24) is 5.32 Å². The lowest BCUT2D eigenvalue weighted by Gasteiger charge is -2.21. The fourth-order valence-corrected chi connectivity index (χ4v) is 6.15. The van der Waals surface area contributed by atoms with Crippen molar-refractivity contribution < 1.29 is 9.47 Å². The van der Waals surface area contributed by atoms with E-state index in [0.29, 0.717) is 28.3 Å². The Kier molecular flexibility index (Phi) is 8.75. The number of hydrogen-bond donors (Lipinski definition) is 4. The Morgan fingerprint density at radius 1 is 0.875 bits per heavy atom. The lowest BCUT2D eigenvalue weighted by Crippen LogP contribution is -2.20. The zero-order chi connectivity index (χ0) is 23.1. The molecule has 32 heavy (non-hydrogen) atoms. The maximum Gasteiger partial charge on any atom is 0.145 e. The molecule has 2 aromatic carbocycles. The molecule has 6 nitrogen and oxygen atoms in total. The third-order valence-corrected chi connectivity index (χ3v) is 7.84. The maximum atomic E-state index is 8.39. The summed E-state index contributed by atoms with van der Waals surface area (Å²) in [4.78, 5) is 2.73. The molecule has 2 aromatic rings. The molecule has 0 aliphatic carbocycles. The van der Waals surface area contributed by atoms with Crippen molar-refractivity contribution in [3.8, 4) is 11.5 Å². The summed E-state index contributed by atoms with van der Waals surface area (Å²) in [6, 6.07) is 7.72. The lowest BCUT2D eigenvalue weighted by atomic mass is 10.1. The summed E-state index contributed by atoms with van der Waals surface area (Å²) >= 11 is 3.24. The largest absolute Gasteiger partial charge is 0.495 e. The molecule has 0 saturated carbocycles. The zero-order valence-electron chi connectivity index (χ0n) is 19.0. The Balaban J connectivity index is 2.00. The molecule has 1 heterocycles. The van der Waals surface area contributed by atoms with E-state index in [1.165, 1.54) is 43.9 Å². The predicted molar refractivity (Wildman–Crippen MR) is 135 cm³/mol. The predicted octanol–water partition coefficient (Wildman–Crippen LogP) is 6.14. The standard InChI is InChI=1S/C24H32N4O2S2/c1-4-5-6-7-8-11-14-31-21-19(29-2)17-18(24(27)28-23(17)26)20(30-3)22(21)32-16-13-10-9-12-15(16)25/h9-10,12-13H,4-8,11,14,25H2,1-3H3,(H3,26,27,28). The first kappa shape index (κ1) is 24.3. The molecule has 0 atom stereocenters. The summed E-state index contributed by atoms with van der Waals surface area (Å²) in [5.74, 6) is 2.46. The highest BCUT2D eigenvalue weighted by molar-refractivity contribution is 8.02. The quantitative estimate of drug-likeness (QED) is 0.168. The van der Waals surface area contributed by atoms with Gasteiger partial charge < -0.3 is 20.5 Å². The second-order valence-corrected chi connectivity index (χ2v) is 9.76. The second kappa shape index (κ2) is 11.5. The minimum absolute atomic E-state index is 0.149. The van der Waals surface area contributed by atoms with Crippen LogP contribution in [0.15, 0.2) is 39.0 Å². The maximum absolute atomic E-state index is 8.39. The van der Waals surface area contributed by atoms with E-state index in [1.54, 1.807) is 26.0 Å². The topological polar surface area (TPSA) is 104 Å². The average molecular weight is 473 g/mol. The van der Waals surface area contributed by atoms with Gasteiger partial charge in [-0.25, -0.2) is 0 Å². The van der Waals surface area contributed by atoms with Gasteiger partial charge in [0.1, 0.15) is 23.2 Å². The fraction of sp³-hybridized carbons (Fsp3) is 0.417. The van der Waals surface area contributed by atoms with Crippen LogP contribution in [0.2, 0.25) is 0 Å². The van der Waals surface area contributed by atoms with Crippen molar-refractivity contribution in [2.45, 2.75) is 60.1 Å². The third kappa shape index (κ3) is 5.18. The van der Waals surface area contributed by atoms with Gasteiger partial charge in [0, 0.05) is 10.6 Å². The van der Waals surface area contributed by atoms with Gasteiger partial charge in [-0.1, -0.05) is 62.9 Å². The molecule has 1 aliphatic heterocycles. The van der Waals surface area contributed by atoms with Crippen molar-refractivity contribution in [3.63, 3.8) is 0 Å². The van der Waals surface area contributed by atoms with E-state index in [0.717, 1.165) is 26.9 Å². The van der Waals surface area contributed by atoms with Gasteiger partial charge in [-0.2, -0.15) is 0 Å². The second-order valence-electron chi connectivity index (χ2n) is 7.61. The molecule has 0 radical (unpaired) electrons. The number of unbranched alkanes of at least 4 members (excludes halogenated alkanes) is 5. The Hall–Kier alpha value is -2.32. The van der Waals surface area contributed by atoms with E-state index in [1.807, 2.05) is 24.3 Å². The van der Waals surface area contributed by atoms with E-state index in [9.17, 15) is 0 Å². The number of fused-ring (bicyclic) bond motifs is 1. The van der Waals surface area contributed by atoms with Crippen molar-refractivity contribution >= 4 is 40.9 Å². The molecule has 0 spiro atoms. The van der Waals surface area contributed by atoms with Crippen LogP contribution in [0.25, 0.3) is 0 Å². The van der Waals surface area contributed by atoms with Crippen LogP contribution in [-0.2, 0) is 0 Å². The molecule has 0 saturated heterocycles. The number of methoxy groups -OCH3 is 2. The van der Waals surface area contributed by atoms with E-state index < -0.39 is 0 Å². The van der Waals surface area contributed by atoms with Crippen LogP contribution in [0, 0.1) is 10.8 Å². The van der Waals surface area contributed by atoms with Crippen LogP contribution < -0.4 is 20.5 Å². The van der Waals surface area contributed by atoms with Crippen LogP contribution in [0.5, 0.6) is 11.5 Å². The number of nitrogens with two attached hydrogens (primary N) is 1. The molecule has 5 N–H and O–H groups in total. The number of rotatable bonds is 12. The van der Waals surface area contributed by atoms with Crippen LogP contribution >= 0.6 is 23.5 Å². The molecule has 0 unspecified atom stereocenters. The van der Waals surface area contributed by atoms with Crippen LogP contribution in [-0.4, -0.2) is 31.6 Å². The first-order valence-electron chi connectivity index (χ1n) is 10.9. The van der Waals surface area contributed by atoms with E-state index in [2.05, 4.69) is 12.2 Å². The molecule has 172 valence electrons. The molecule has 0 aromatic heterocycles. The Morgan fingerprint density at radius 2 is 1.47 bits per heavy atom. The Labute approximate surface area is 199 Å². The minimum atomic E-state index is 0.149. The molecule has 0 bridgehead atoms. The van der Waals surface area contributed by atoms with Crippen molar-refractivity contribution in [2.24, 2.45) is 0 Å². The first-order chi connectivity index (χ1) is 15.5. The molecular weight excluding hydrogens is 440 g/mol. The third-order valence-electron chi connectivity index (χ3n) is 5.36. The van der Waals surface area contributed by atoms with E-state index in [4.69, 9.17) is 26.0 Å². The summed E-state index contributed by atoms with van der Waals surface area (Å²) in [6.07, 6.45) is 7.40. The monoisotopic (exact) mass is 472 g/mol. The number of benzene rings is 2. The van der Waals surface area contributed by atoms with Gasteiger partial charge >= 0.3 is 0 Å². The van der Waals surface area contributed by atoms with Gasteiger partial charge in [-0.15, -0.1) is 11.8 Å². The Bertz CT molecular complexity index is 994. The smallest absolute Gasteiger partial charge is 0.145 e. The number of anilines is 1. The number of hydrogen-bond acceptors (Lipinski definition) is 7. The van der Waals surface area contributed by atoms with Gasteiger partial charge in [0.2, 0.25) is 0 Å². The van der Waals surface area contributed by atoms with Gasteiger partial charge in [-0.3, -0.25) is 10.8 Å². The highest BCUT2D eigenvalue weighted by Gasteiger charge is 2.35. The van der Waals surface area contributed by atoms with Gasteiger partial charge in [0.05, 0.1) is 35.1 Å². The van der Waals surface area contributed by atoms with E-state index >= 15 is 0 Å². The summed E-state index contributed by atoms with van der Waals surface area (Å²) in [6.45, 7) is 2.23. The summed E-state index contributed by atoms with van der Waals surface area (Å²) in [5, 5.41) is 19.6. The van der Waals surface area contributed by atoms with Gasteiger partial charge in [0.15, 0.2) is 0 Å². The number of nitrogens with one attached hydrogen (secondary N) is 3.